The number of nitrogens with zero attached hydrogens (tertiary/aromatic N) is 1. The third kappa shape index (κ3) is 4.82. The lowest BCUT2D eigenvalue weighted by Crippen LogP contribution is -2.42. The Kier molecular flexibility index (Phi) is 6.19. The van der Waals surface area contributed by atoms with Crippen molar-refractivity contribution in [3.05, 3.63) is 29.3 Å². The van der Waals surface area contributed by atoms with E-state index in [2.05, 4.69) is 0 Å². The van der Waals surface area contributed by atoms with Crippen LogP contribution in [-0.4, -0.2) is 50.7 Å². The van der Waals surface area contributed by atoms with Crippen molar-refractivity contribution in [1.82, 2.24) is 4.90 Å². The minimum absolute atomic E-state index is 0.0493. The fraction of sp³-hybridized carbons (Fsp3) is 0.412. The van der Waals surface area contributed by atoms with Crippen LogP contribution in [0.2, 0.25) is 0 Å². The summed E-state index contributed by atoms with van der Waals surface area (Å²) in [5.41, 5.74) is -0.0359. The molecule has 0 spiro atoms. The molecular formula is C17H19NO6S. The first-order chi connectivity index (χ1) is 11.8. The number of carboxylic acids is 2. The lowest BCUT2D eigenvalue weighted by Gasteiger charge is -2.28. The molecular weight excluding hydrogens is 346 g/mol. The van der Waals surface area contributed by atoms with Gasteiger partial charge in [0.05, 0.1) is 11.1 Å². The second kappa shape index (κ2) is 8.15. The summed E-state index contributed by atoms with van der Waals surface area (Å²) in [7, 11) is 0. The maximum Gasteiger partial charge on any atom is 0.335 e. The zero-order valence-electron chi connectivity index (χ0n) is 13.7. The Balaban J connectivity index is 2.44. The van der Waals surface area contributed by atoms with Crippen molar-refractivity contribution in [1.29, 1.82) is 0 Å². The van der Waals surface area contributed by atoms with E-state index < -0.39 is 24.4 Å². The summed E-state index contributed by atoms with van der Waals surface area (Å²) in [5, 5.41) is 18.1. The molecule has 7 nitrogen and oxygen atoms in total. The summed E-state index contributed by atoms with van der Waals surface area (Å²) in [5.74, 6) is -2.88. The van der Waals surface area contributed by atoms with E-state index >= 15 is 0 Å². The smallest absolute Gasteiger partial charge is 0.335 e. The molecule has 1 aliphatic rings. The molecule has 1 amide bonds. The Morgan fingerprint density at radius 3 is 2.32 bits per heavy atom. The van der Waals surface area contributed by atoms with Crippen LogP contribution in [-0.2, 0) is 9.59 Å². The highest BCUT2D eigenvalue weighted by atomic mass is 32.2. The van der Waals surface area contributed by atoms with E-state index in [1.54, 1.807) is 0 Å². The van der Waals surface area contributed by atoms with Crippen LogP contribution in [0, 0.1) is 0 Å². The van der Waals surface area contributed by atoms with Gasteiger partial charge in [0.2, 0.25) is 0 Å². The van der Waals surface area contributed by atoms with Crippen molar-refractivity contribution < 1.29 is 29.4 Å². The standard InChI is InChI=1S/C17H19NO6S/c1-10(19)25-14-7-6-11(17(23)24)8-13(14)16(22)18(9-15(20)21)12-4-2-3-5-12/h6-8,12H,2-5,9H2,1H3,(H,20,21)(H,23,24). The fourth-order valence-corrected chi connectivity index (χ4v) is 3.66. The summed E-state index contributed by atoms with van der Waals surface area (Å²) in [4.78, 5) is 48.4. The van der Waals surface area contributed by atoms with Crippen molar-refractivity contribution in [2.45, 2.75) is 43.5 Å². The summed E-state index contributed by atoms with van der Waals surface area (Å²) in [6.45, 7) is 0.890. The van der Waals surface area contributed by atoms with Gasteiger partial charge in [0.1, 0.15) is 6.54 Å². The number of carboxylic acid groups (broad SMARTS) is 2. The van der Waals surface area contributed by atoms with Gasteiger partial charge >= 0.3 is 11.9 Å². The zero-order chi connectivity index (χ0) is 18.6. The predicted molar refractivity (Wildman–Crippen MR) is 90.9 cm³/mol. The Labute approximate surface area is 149 Å². The van der Waals surface area contributed by atoms with Crippen molar-refractivity contribution in [3.63, 3.8) is 0 Å². The molecule has 0 atom stereocenters. The van der Waals surface area contributed by atoms with Crippen LogP contribution < -0.4 is 0 Å². The molecule has 1 saturated carbocycles. The number of carbonyl (C=O) groups is 4. The maximum atomic E-state index is 13.0. The maximum absolute atomic E-state index is 13.0. The number of amides is 1. The Hall–Kier alpha value is -2.35. The normalized spacial score (nSPS) is 14.3. The van der Waals surface area contributed by atoms with Crippen LogP contribution in [0.5, 0.6) is 0 Å². The molecule has 1 aliphatic carbocycles. The lowest BCUT2D eigenvalue weighted by molar-refractivity contribution is -0.138. The van der Waals surface area contributed by atoms with Crippen molar-refractivity contribution in [2.75, 3.05) is 6.54 Å². The molecule has 1 fully saturated rings. The average molecular weight is 365 g/mol. The second-order valence-electron chi connectivity index (χ2n) is 5.87. The SMILES string of the molecule is CC(=O)Sc1ccc(C(=O)O)cc1C(=O)N(CC(=O)O)C1CCCC1. The summed E-state index contributed by atoms with van der Waals surface area (Å²) < 4.78 is 0. The van der Waals surface area contributed by atoms with Crippen LogP contribution in [0.25, 0.3) is 0 Å². The van der Waals surface area contributed by atoms with E-state index in [0.717, 1.165) is 24.6 Å². The first-order valence-corrected chi connectivity index (χ1v) is 8.69. The molecule has 8 heteroatoms. The van der Waals surface area contributed by atoms with Crippen LogP contribution in [0.1, 0.15) is 53.3 Å². The first-order valence-electron chi connectivity index (χ1n) is 7.88. The second-order valence-corrected chi connectivity index (χ2v) is 7.09. The van der Waals surface area contributed by atoms with Gasteiger partial charge in [-0.05, 0) is 31.0 Å². The Morgan fingerprint density at radius 1 is 1.16 bits per heavy atom. The van der Waals surface area contributed by atoms with Gasteiger partial charge < -0.3 is 15.1 Å². The van der Waals surface area contributed by atoms with Gasteiger partial charge in [0.25, 0.3) is 5.91 Å². The molecule has 2 rings (SSSR count). The summed E-state index contributed by atoms with van der Waals surface area (Å²) in [6.07, 6.45) is 3.26. The molecule has 0 aliphatic heterocycles. The third-order valence-corrected chi connectivity index (χ3v) is 4.91. The molecule has 0 radical (unpaired) electrons. The van der Waals surface area contributed by atoms with Gasteiger partial charge in [0.15, 0.2) is 5.12 Å². The van der Waals surface area contributed by atoms with E-state index in [-0.39, 0.29) is 22.3 Å². The van der Waals surface area contributed by atoms with E-state index in [0.29, 0.717) is 17.7 Å². The lowest BCUT2D eigenvalue weighted by atomic mass is 10.1. The van der Waals surface area contributed by atoms with Gasteiger partial charge in [-0.2, -0.15) is 0 Å². The van der Waals surface area contributed by atoms with Gasteiger partial charge in [-0.25, -0.2) is 4.79 Å². The predicted octanol–water partition coefficient (Wildman–Crippen LogP) is 2.49. The van der Waals surface area contributed by atoms with Crippen LogP contribution in [0.15, 0.2) is 23.1 Å². The minimum Gasteiger partial charge on any atom is -0.480 e. The first kappa shape index (κ1) is 19.0. The Bertz CT molecular complexity index is 711. The number of rotatable bonds is 6. The summed E-state index contributed by atoms with van der Waals surface area (Å²) in [6, 6.07) is 3.75. The van der Waals surface area contributed by atoms with E-state index in [1.165, 1.54) is 30.0 Å². The van der Waals surface area contributed by atoms with E-state index in [9.17, 15) is 19.2 Å². The number of carbonyl (C=O) groups excluding carboxylic acids is 2. The number of benzene rings is 1. The molecule has 0 heterocycles. The molecule has 134 valence electrons. The van der Waals surface area contributed by atoms with Crippen LogP contribution in [0.4, 0.5) is 0 Å². The van der Waals surface area contributed by atoms with Gasteiger partial charge in [-0.15, -0.1) is 0 Å². The largest absolute Gasteiger partial charge is 0.480 e. The van der Waals surface area contributed by atoms with Gasteiger partial charge in [0, 0.05) is 17.9 Å². The van der Waals surface area contributed by atoms with Crippen molar-refractivity contribution >= 4 is 34.7 Å². The van der Waals surface area contributed by atoms with Gasteiger partial charge in [-0.3, -0.25) is 14.4 Å². The van der Waals surface area contributed by atoms with Crippen LogP contribution >= 0.6 is 11.8 Å². The molecule has 1 aromatic rings. The topological polar surface area (TPSA) is 112 Å². The quantitative estimate of drug-likeness (QED) is 0.745. The van der Waals surface area contributed by atoms with Crippen molar-refractivity contribution in [2.24, 2.45) is 0 Å². The molecule has 2 N–H and O–H groups in total. The third-order valence-electron chi connectivity index (χ3n) is 4.04. The molecule has 0 unspecified atom stereocenters. The van der Waals surface area contributed by atoms with Gasteiger partial charge in [-0.1, -0.05) is 24.6 Å². The zero-order valence-corrected chi connectivity index (χ0v) is 14.5. The highest BCUT2D eigenvalue weighted by molar-refractivity contribution is 8.13. The molecule has 0 bridgehead atoms. The number of hydrogen-bond donors (Lipinski definition) is 2. The minimum atomic E-state index is -1.20. The summed E-state index contributed by atoms with van der Waals surface area (Å²) >= 11 is 0.826. The van der Waals surface area contributed by atoms with E-state index in [4.69, 9.17) is 10.2 Å². The molecule has 0 saturated heterocycles. The van der Waals surface area contributed by atoms with Crippen LogP contribution in [0.3, 0.4) is 0 Å². The Morgan fingerprint density at radius 2 is 1.80 bits per heavy atom. The fourth-order valence-electron chi connectivity index (χ4n) is 2.96. The monoisotopic (exact) mass is 365 g/mol. The average Bonchev–Trinajstić information content (AvgIpc) is 3.05. The highest BCUT2D eigenvalue weighted by Crippen LogP contribution is 2.29. The number of aromatic carboxylic acids is 1. The van der Waals surface area contributed by atoms with Crippen molar-refractivity contribution in [3.8, 4) is 0 Å². The molecule has 25 heavy (non-hydrogen) atoms. The number of thioether (sulfide) groups is 1. The number of hydrogen-bond acceptors (Lipinski definition) is 5. The molecule has 1 aromatic carbocycles. The highest BCUT2D eigenvalue weighted by Gasteiger charge is 2.31. The van der Waals surface area contributed by atoms with E-state index in [1.807, 2.05) is 0 Å². The molecule has 0 aromatic heterocycles. The number of aliphatic carboxylic acids is 1.